The molecule has 4 aromatic rings. The zero-order chi connectivity index (χ0) is 21.1. The van der Waals surface area contributed by atoms with E-state index in [1.165, 1.54) is 6.33 Å². The summed E-state index contributed by atoms with van der Waals surface area (Å²) >= 11 is 1.59. The van der Waals surface area contributed by atoms with E-state index in [2.05, 4.69) is 20.4 Å². The van der Waals surface area contributed by atoms with Crippen LogP contribution in [0, 0.1) is 13.8 Å². The molecule has 30 heavy (non-hydrogen) atoms. The van der Waals surface area contributed by atoms with Gasteiger partial charge in [-0.3, -0.25) is 4.79 Å². The second-order valence-electron chi connectivity index (χ2n) is 6.80. The maximum absolute atomic E-state index is 12.4. The molecule has 2 heterocycles. The van der Waals surface area contributed by atoms with Crippen molar-refractivity contribution in [3.05, 3.63) is 71.7 Å². The fourth-order valence-electron chi connectivity index (χ4n) is 3.01. The minimum atomic E-state index is -0.0754. The standard InChI is InChI=1S/C22H21N5O2S/c1-14-15(2)25-22-23-13-24-27(22)21(14)30-19-9-7-17(8-10-19)26-20(28)12-16-5-4-6-18(11-16)29-3/h4-11,13H,12H2,1-3H3,(H,26,28). The van der Waals surface area contributed by atoms with Gasteiger partial charge in [0.05, 0.1) is 13.5 Å². The fourth-order valence-corrected chi connectivity index (χ4v) is 4.02. The third-order valence-electron chi connectivity index (χ3n) is 4.70. The van der Waals surface area contributed by atoms with E-state index >= 15 is 0 Å². The van der Waals surface area contributed by atoms with Crippen molar-refractivity contribution in [2.75, 3.05) is 12.4 Å². The van der Waals surface area contributed by atoms with Crippen molar-refractivity contribution in [3.8, 4) is 5.75 Å². The van der Waals surface area contributed by atoms with E-state index in [-0.39, 0.29) is 12.3 Å². The first kappa shape index (κ1) is 19.9. The highest BCUT2D eigenvalue weighted by Crippen LogP contribution is 2.31. The SMILES string of the molecule is COc1cccc(CC(=O)Nc2ccc(Sc3c(C)c(C)nc4ncnn34)cc2)c1. The van der Waals surface area contributed by atoms with Crippen molar-refractivity contribution >= 4 is 29.1 Å². The van der Waals surface area contributed by atoms with Crippen molar-refractivity contribution in [3.63, 3.8) is 0 Å². The number of hydrogen-bond donors (Lipinski definition) is 1. The molecule has 152 valence electrons. The number of carbonyl (C=O) groups is 1. The Morgan fingerprint density at radius 1 is 1.17 bits per heavy atom. The summed E-state index contributed by atoms with van der Waals surface area (Å²) in [5, 5.41) is 8.20. The Kier molecular flexibility index (Phi) is 5.67. The molecule has 0 saturated carbocycles. The van der Waals surface area contributed by atoms with Gasteiger partial charge in [0.25, 0.3) is 5.78 Å². The molecule has 0 atom stereocenters. The van der Waals surface area contributed by atoms with Gasteiger partial charge in [-0.05, 0) is 55.8 Å². The van der Waals surface area contributed by atoms with Gasteiger partial charge in [-0.25, -0.2) is 4.98 Å². The van der Waals surface area contributed by atoms with Crippen LogP contribution >= 0.6 is 11.8 Å². The molecule has 2 aromatic heterocycles. The lowest BCUT2D eigenvalue weighted by atomic mass is 10.1. The largest absolute Gasteiger partial charge is 0.497 e. The predicted molar refractivity (Wildman–Crippen MR) is 116 cm³/mol. The average molecular weight is 420 g/mol. The number of nitrogens with one attached hydrogen (secondary N) is 1. The number of aryl methyl sites for hydroxylation is 1. The number of amides is 1. The van der Waals surface area contributed by atoms with E-state index in [0.717, 1.165) is 38.2 Å². The van der Waals surface area contributed by atoms with Crippen LogP contribution in [0.1, 0.15) is 16.8 Å². The van der Waals surface area contributed by atoms with Crippen LogP contribution < -0.4 is 10.1 Å². The predicted octanol–water partition coefficient (Wildman–Crippen LogP) is 4.08. The highest BCUT2D eigenvalue weighted by atomic mass is 32.2. The molecule has 0 aliphatic rings. The topological polar surface area (TPSA) is 81.4 Å². The van der Waals surface area contributed by atoms with Gasteiger partial charge in [0.15, 0.2) is 0 Å². The second-order valence-corrected chi connectivity index (χ2v) is 7.86. The normalized spacial score (nSPS) is 10.9. The van der Waals surface area contributed by atoms with Crippen LogP contribution in [0.2, 0.25) is 0 Å². The third-order valence-corrected chi connectivity index (χ3v) is 5.89. The lowest BCUT2D eigenvalue weighted by Gasteiger charge is -2.10. The Morgan fingerprint density at radius 3 is 2.73 bits per heavy atom. The van der Waals surface area contributed by atoms with Crippen LogP contribution in [0.15, 0.2) is 64.8 Å². The molecule has 0 saturated heterocycles. The third kappa shape index (κ3) is 4.28. The van der Waals surface area contributed by atoms with Gasteiger partial charge in [0.1, 0.15) is 17.1 Å². The maximum atomic E-state index is 12.4. The molecule has 4 rings (SSSR count). The summed E-state index contributed by atoms with van der Waals surface area (Å²) in [4.78, 5) is 22.0. The minimum absolute atomic E-state index is 0.0754. The number of ether oxygens (including phenoxy) is 1. The fraction of sp³-hybridized carbons (Fsp3) is 0.182. The van der Waals surface area contributed by atoms with Gasteiger partial charge in [-0.1, -0.05) is 23.9 Å². The summed E-state index contributed by atoms with van der Waals surface area (Å²) in [6.45, 7) is 3.99. The molecular formula is C22H21N5O2S. The average Bonchev–Trinajstić information content (AvgIpc) is 3.20. The Bertz CT molecular complexity index is 1200. The summed E-state index contributed by atoms with van der Waals surface area (Å²) in [5.74, 6) is 1.25. The van der Waals surface area contributed by atoms with Crippen molar-refractivity contribution in [1.29, 1.82) is 0 Å². The van der Waals surface area contributed by atoms with Gasteiger partial charge < -0.3 is 10.1 Å². The molecule has 0 aliphatic carbocycles. The van der Waals surface area contributed by atoms with Gasteiger partial charge >= 0.3 is 0 Å². The molecule has 2 aromatic carbocycles. The first-order valence-electron chi connectivity index (χ1n) is 9.41. The van der Waals surface area contributed by atoms with E-state index in [1.807, 2.05) is 62.4 Å². The Morgan fingerprint density at radius 2 is 1.97 bits per heavy atom. The van der Waals surface area contributed by atoms with Crippen LogP contribution in [0.3, 0.4) is 0 Å². The summed E-state index contributed by atoms with van der Waals surface area (Å²) < 4.78 is 6.95. The number of aromatic nitrogens is 4. The number of carbonyl (C=O) groups excluding carboxylic acids is 1. The zero-order valence-electron chi connectivity index (χ0n) is 16.9. The zero-order valence-corrected chi connectivity index (χ0v) is 17.7. The maximum Gasteiger partial charge on any atom is 0.253 e. The monoisotopic (exact) mass is 419 g/mol. The van der Waals surface area contributed by atoms with Crippen molar-refractivity contribution in [2.45, 2.75) is 30.2 Å². The van der Waals surface area contributed by atoms with E-state index in [4.69, 9.17) is 4.74 Å². The lowest BCUT2D eigenvalue weighted by molar-refractivity contribution is -0.115. The van der Waals surface area contributed by atoms with Crippen LogP contribution in [-0.4, -0.2) is 32.6 Å². The van der Waals surface area contributed by atoms with Crippen LogP contribution in [-0.2, 0) is 11.2 Å². The molecule has 8 heteroatoms. The Balaban J connectivity index is 1.45. The molecule has 0 spiro atoms. The molecule has 0 aliphatic heterocycles. The molecule has 7 nitrogen and oxygen atoms in total. The summed E-state index contributed by atoms with van der Waals surface area (Å²) in [6, 6.07) is 15.3. The number of methoxy groups -OCH3 is 1. The van der Waals surface area contributed by atoms with Crippen LogP contribution in [0.25, 0.3) is 5.78 Å². The Hall–Kier alpha value is -3.39. The molecule has 0 bridgehead atoms. The van der Waals surface area contributed by atoms with Crippen LogP contribution in [0.5, 0.6) is 5.75 Å². The quantitative estimate of drug-likeness (QED) is 0.474. The number of rotatable bonds is 6. The second kappa shape index (κ2) is 8.54. The van der Waals surface area contributed by atoms with Gasteiger partial charge in [-0.2, -0.15) is 14.6 Å². The molecule has 0 unspecified atom stereocenters. The van der Waals surface area contributed by atoms with Gasteiger partial charge in [-0.15, -0.1) is 0 Å². The van der Waals surface area contributed by atoms with Crippen molar-refractivity contribution < 1.29 is 9.53 Å². The van der Waals surface area contributed by atoms with E-state index < -0.39 is 0 Å². The highest BCUT2D eigenvalue weighted by Gasteiger charge is 2.13. The number of nitrogens with zero attached hydrogens (tertiary/aromatic N) is 4. The van der Waals surface area contributed by atoms with Crippen molar-refractivity contribution in [2.24, 2.45) is 0 Å². The summed E-state index contributed by atoms with van der Waals surface area (Å²) in [6.07, 6.45) is 1.79. The van der Waals surface area contributed by atoms with Gasteiger partial charge in [0.2, 0.25) is 5.91 Å². The number of benzene rings is 2. The Labute approximate surface area is 178 Å². The summed E-state index contributed by atoms with van der Waals surface area (Å²) in [5.41, 5.74) is 3.65. The summed E-state index contributed by atoms with van der Waals surface area (Å²) in [7, 11) is 1.61. The minimum Gasteiger partial charge on any atom is -0.497 e. The number of fused-ring (bicyclic) bond motifs is 1. The smallest absolute Gasteiger partial charge is 0.253 e. The van der Waals surface area contributed by atoms with Crippen molar-refractivity contribution in [1.82, 2.24) is 19.6 Å². The lowest BCUT2D eigenvalue weighted by Crippen LogP contribution is -2.14. The van der Waals surface area contributed by atoms with E-state index in [1.54, 1.807) is 23.4 Å². The van der Waals surface area contributed by atoms with Crippen LogP contribution in [0.4, 0.5) is 5.69 Å². The first-order chi connectivity index (χ1) is 14.5. The van der Waals surface area contributed by atoms with E-state index in [0.29, 0.717) is 5.78 Å². The molecule has 1 N–H and O–H groups in total. The highest BCUT2D eigenvalue weighted by molar-refractivity contribution is 7.99. The molecule has 0 fully saturated rings. The molecular weight excluding hydrogens is 398 g/mol. The molecule has 1 amide bonds. The van der Waals surface area contributed by atoms with Gasteiger partial charge in [0, 0.05) is 21.8 Å². The number of hydrogen-bond acceptors (Lipinski definition) is 6. The number of anilines is 1. The molecule has 0 radical (unpaired) electrons. The van der Waals surface area contributed by atoms with E-state index in [9.17, 15) is 4.79 Å². The first-order valence-corrected chi connectivity index (χ1v) is 10.2.